The minimum atomic E-state index is -1.19. The van der Waals surface area contributed by atoms with Crippen molar-refractivity contribution in [3.05, 3.63) is 62.0 Å². The van der Waals surface area contributed by atoms with Gasteiger partial charge in [-0.1, -0.05) is 18.2 Å². The first kappa shape index (κ1) is 22.4. The number of esters is 1. The molecule has 4 heterocycles. The Morgan fingerprint density at radius 2 is 1.91 bits per heavy atom. The van der Waals surface area contributed by atoms with E-state index in [9.17, 15) is 14.4 Å². The Kier molecular flexibility index (Phi) is 5.49. The molecule has 0 bridgehead atoms. The van der Waals surface area contributed by atoms with E-state index >= 15 is 0 Å². The molecule has 2 aliphatic heterocycles. The van der Waals surface area contributed by atoms with E-state index in [1.165, 1.54) is 16.9 Å². The Balaban J connectivity index is 1.12. The zero-order valence-corrected chi connectivity index (χ0v) is 20.6. The van der Waals surface area contributed by atoms with Gasteiger partial charge >= 0.3 is 5.97 Å². The van der Waals surface area contributed by atoms with Gasteiger partial charge in [-0.25, -0.2) is 9.78 Å². The van der Waals surface area contributed by atoms with Crippen LogP contribution in [0.1, 0.15) is 52.0 Å². The quantitative estimate of drug-likeness (QED) is 0.565. The van der Waals surface area contributed by atoms with E-state index < -0.39 is 11.6 Å². The number of hydrogen-bond acceptors (Lipinski definition) is 7. The number of thiophene rings is 1. The van der Waals surface area contributed by atoms with E-state index in [1.807, 2.05) is 12.1 Å². The zero-order chi connectivity index (χ0) is 24.2. The highest BCUT2D eigenvalue weighted by atomic mass is 32.1. The number of nitrogens with one attached hydrogen (secondary N) is 1. The number of aromatic nitrogens is 2. The molecule has 1 saturated heterocycles. The van der Waals surface area contributed by atoms with Gasteiger partial charge in [0.2, 0.25) is 0 Å². The van der Waals surface area contributed by atoms with Gasteiger partial charge in [-0.3, -0.25) is 14.5 Å². The van der Waals surface area contributed by atoms with Crippen LogP contribution in [-0.2, 0) is 35.3 Å². The maximum Gasteiger partial charge on any atom is 0.339 e. The molecule has 1 unspecified atom stereocenters. The predicted molar refractivity (Wildman–Crippen MR) is 133 cm³/mol. The molecule has 9 heteroatoms. The van der Waals surface area contributed by atoms with Crippen molar-refractivity contribution in [1.82, 2.24) is 19.8 Å². The number of aromatic amines is 1. The first-order chi connectivity index (χ1) is 16.9. The van der Waals surface area contributed by atoms with Crippen LogP contribution in [-0.4, -0.2) is 63.4 Å². The van der Waals surface area contributed by atoms with Gasteiger partial charge in [0.25, 0.3) is 11.5 Å². The number of amides is 1. The Morgan fingerprint density at radius 1 is 1.14 bits per heavy atom. The number of aryl methyl sites for hydroxylation is 2. The lowest BCUT2D eigenvalue weighted by atomic mass is 9.88. The van der Waals surface area contributed by atoms with E-state index in [0.29, 0.717) is 50.5 Å². The molecule has 0 spiro atoms. The fraction of sp³-hybridized carbons (Fsp3) is 0.462. The largest absolute Gasteiger partial charge is 0.445 e. The van der Waals surface area contributed by atoms with Crippen molar-refractivity contribution in [1.29, 1.82) is 0 Å². The molecule has 3 aromatic rings. The minimum Gasteiger partial charge on any atom is -0.445 e. The van der Waals surface area contributed by atoms with Gasteiger partial charge in [0, 0.05) is 37.5 Å². The average Bonchev–Trinajstić information content (AvgIpc) is 3.23. The molecule has 0 radical (unpaired) electrons. The van der Waals surface area contributed by atoms with E-state index in [2.05, 4.69) is 9.88 Å². The van der Waals surface area contributed by atoms with Crippen molar-refractivity contribution >= 4 is 33.4 Å². The molecule has 3 aliphatic rings. The Labute approximate surface area is 206 Å². The van der Waals surface area contributed by atoms with Crippen LogP contribution in [0.15, 0.2) is 29.1 Å². The Morgan fingerprint density at radius 3 is 2.74 bits per heavy atom. The van der Waals surface area contributed by atoms with Crippen LogP contribution in [0, 0.1) is 0 Å². The summed E-state index contributed by atoms with van der Waals surface area (Å²) in [6, 6.07) is 7.30. The first-order valence-corrected chi connectivity index (χ1v) is 13.1. The zero-order valence-electron chi connectivity index (χ0n) is 19.8. The summed E-state index contributed by atoms with van der Waals surface area (Å²) in [6.45, 7) is 4.64. The number of benzene rings is 1. The van der Waals surface area contributed by atoms with E-state index in [4.69, 9.17) is 9.72 Å². The second-order valence-electron chi connectivity index (χ2n) is 9.93. The molecule has 1 fully saturated rings. The number of rotatable bonds is 3. The molecule has 1 atom stereocenters. The van der Waals surface area contributed by atoms with Gasteiger partial charge in [-0.15, -0.1) is 11.3 Å². The number of piperazine rings is 1. The van der Waals surface area contributed by atoms with Crippen LogP contribution in [0.4, 0.5) is 0 Å². The van der Waals surface area contributed by atoms with Crippen LogP contribution in [0.2, 0.25) is 0 Å². The molecule has 6 rings (SSSR count). The topological polar surface area (TPSA) is 95.6 Å². The minimum absolute atomic E-state index is 0.0365. The van der Waals surface area contributed by atoms with Crippen LogP contribution in [0.5, 0.6) is 0 Å². The standard InChI is InChI=1S/C26H28N4O4S/c1-26(14-16-6-2-3-7-17(16)24(32)34-26)25(33)30-12-10-29(11-13-30)15-20-27-22(31)21-18-8-4-5-9-19(18)35-23(21)28-20/h2-3,6-7H,4-5,8-15H2,1H3,(H,27,28,31). The van der Waals surface area contributed by atoms with Gasteiger partial charge in [-0.05, 0) is 49.8 Å². The maximum atomic E-state index is 13.4. The third-order valence-corrected chi connectivity index (χ3v) is 8.63. The molecule has 1 N–H and O–H groups in total. The summed E-state index contributed by atoms with van der Waals surface area (Å²) < 4.78 is 5.63. The third-order valence-electron chi connectivity index (χ3n) is 7.44. The van der Waals surface area contributed by atoms with E-state index in [-0.39, 0.29) is 11.5 Å². The van der Waals surface area contributed by atoms with Crippen LogP contribution in [0.3, 0.4) is 0 Å². The molecular formula is C26H28N4O4S. The molecule has 35 heavy (non-hydrogen) atoms. The van der Waals surface area contributed by atoms with Gasteiger partial charge < -0.3 is 14.6 Å². The van der Waals surface area contributed by atoms with Crippen LogP contribution < -0.4 is 5.56 Å². The fourth-order valence-electron chi connectivity index (χ4n) is 5.59. The van der Waals surface area contributed by atoms with Gasteiger partial charge in [-0.2, -0.15) is 0 Å². The molecule has 1 amide bonds. The average molecular weight is 493 g/mol. The molecular weight excluding hydrogens is 464 g/mol. The lowest BCUT2D eigenvalue weighted by Gasteiger charge is -2.40. The number of ether oxygens (including phenoxy) is 1. The summed E-state index contributed by atoms with van der Waals surface area (Å²) in [5.74, 6) is 0.0739. The highest BCUT2D eigenvalue weighted by molar-refractivity contribution is 7.18. The SMILES string of the molecule is CC1(C(=O)N2CCN(Cc3nc4sc5c(c4c(=O)[nH]3)CCCC5)CC2)Cc2ccccc2C(=O)O1. The number of nitrogens with zero attached hydrogens (tertiary/aromatic N) is 3. The third kappa shape index (κ3) is 3.96. The summed E-state index contributed by atoms with van der Waals surface area (Å²) >= 11 is 1.66. The van der Waals surface area contributed by atoms with Crippen LogP contribution >= 0.6 is 11.3 Å². The molecule has 182 valence electrons. The molecule has 2 aromatic heterocycles. The monoisotopic (exact) mass is 492 g/mol. The fourth-order valence-corrected chi connectivity index (χ4v) is 6.87. The Bertz CT molecular complexity index is 1390. The van der Waals surface area contributed by atoms with Gasteiger partial charge in [0.1, 0.15) is 10.7 Å². The highest BCUT2D eigenvalue weighted by Crippen LogP contribution is 2.34. The van der Waals surface area contributed by atoms with Crippen LogP contribution in [0.25, 0.3) is 10.2 Å². The summed E-state index contributed by atoms with van der Waals surface area (Å²) in [5, 5.41) is 0.778. The van der Waals surface area contributed by atoms with Crippen molar-refractivity contribution in [3.8, 4) is 0 Å². The number of H-pyrrole nitrogens is 1. The number of fused-ring (bicyclic) bond motifs is 4. The van der Waals surface area contributed by atoms with Crippen molar-refractivity contribution in [2.24, 2.45) is 0 Å². The number of carbonyl (C=O) groups excluding carboxylic acids is 2. The summed E-state index contributed by atoms with van der Waals surface area (Å²) in [7, 11) is 0. The van der Waals surface area contributed by atoms with Crippen molar-refractivity contribution in [2.75, 3.05) is 26.2 Å². The number of hydrogen-bond donors (Lipinski definition) is 1. The van der Waals surface area contributed by atoms with Crippen molar-refractivity contribution in [3.63, 3.8) is 0 Å². The lowest BCUT2D eigenvalue weighted by molar-refractivity contribution is -0.153. The lowest BCUT2D eigenvalue weighted by Crippen LogP contribution is -2.57. The Hall–Kier alpha value is -3.04. The summed E-state index contributed by atoms with van der Waals surface area (Å²) in [4.78, 5) is 52.6. The molecule has 1 aromatic carbocycles. The van der Waals surface area contributed by atoms with E-state index in [0.717, 1.165) is 35.0 Å². The van der Waals surface area contributed by atoms with Crippen molar-refractivity contribution < 1.29 is 14.3 Å². The summed E-state index contributed by atoms with van der Waals surface area (Å²) in [6.07, 6.45) is 4.70. The molecule has 1 aliphatic carbocycles. The highest BCUT2D eigenvalue weighted by Gasteiger charge is 2.45. The second-order valence-corrected chi connectivity index (χ2v) is 11.0. The van der Waals surface area contributed by atoms with Gasteiger partial charge in [0.05, 0.1) is 17.5 Å². The van der Waals surface area contributed by atoms with Crippen molar-refractivity contribution in [2.45, 2.75) is 51.2 Å². The molecule has 8 nitrogen and oxygen atoms in total. The number of carbonyl (C=O) groups is 2. The van der Waals surface area contributed by atoms with E-state index in [1.54, 1.807) is 35.3 Å². The second kappa shape index (κ2) is 8.57. The number of cyclic esters (lactones) is 1. The predicted octanol–water partition coefficient (Wildman–Crippen LogP) is 2.68. The summed E-state index contributed by atoms with van der Waals surface area (Å²) in [5.41, 5.74) is 1.35. The first-order valence-electron chi connectivity index (χ1n) is 12.3. The normalized spacial score (nSPS) is 22.5. The smallest absolute Gasteiger partial charge is 0.339 e. The molecule has 0 saturated carbocycles. The van der Waals surface area contributed by atoms with Gasteiger partial charge in [0.15, 0.2) is 5.60 Å². The maximum absolute atomic E-state index is 13.4.